The molecule has 1 heteroatoms. The number of hydrogen-bond donors (Lipinski definition) is 1. The van der Waals surface area contributed by atoms with Gasteiger partial charge in [0.1, 0.15) is 0 Å². The molecule has 0 atom stereocenters. The lowest BCUT2D eigenvalue weighted by Gasteiger charge is -1.98. The predicted octanol–water partition coefficient (Wildman–Crippen LogP) is 1.31. The Morgan fingerprint density at radius 3 is 2.75 bits per heavy atom. The Bertz CT molecular complexity index is 92.6. The molecule has 0 aliphatic heterocycles. The van der Waals surface area contributed by atoms with Crippen LogP contribution in [0.1, 0.15) is 19.8 Å². The molecule has 1 saturated carbocycles. The lowest BCUT2D eigenvalue weighted by atomic mass is 10.3. The Hall–Kier alpha value is -0.300. The molecule has 0 amide bonds. The lowest BCUT2D eigenvalue weighted by molar-refractivity contribution is 0.735. The second-order valence-electron chi connectivity index (χ2n) is 2.61. The van der Waals surface area contributed by atoms with E-state index in [-0.39, 0.29) is 0 Å². The molecule has 0 unspecified atom stereocenters. The van der Waals surface area contributed by atoms with Gasteiger partial charge in [0.05, 0.1) is 0 Å². The maximum Gasteiger partial charge on any atom is 0.0161 e. The van der Waals surface area contributed by atoms with E-state index in [2.05, 4.69) is 18.8 Å². The van der Waals surface area contributed by atoms with Crippen LogP contribution in [0.25, 0.3) is 0 Å². The van der Waals surface area contributed by atoms with Crippen LogP contribution < -0.4 is 5.32 Å². The molecule has 0 bridgehead atoms. The standard InChI is InChI=1S/C7H13N/c1-6(2)5-8-7-3-4-7/h7-8H,1,3-5H2,2H3. The van der Waals surface area contributed by atoms with Gasteiger partial charge >= 0.3 is 0 Å². The molecule has 1 nitrogen and oxygen atoms in total. The van der Waals surface area contributed by atoms with Crippen LogP contribution in [0.15, 0.2) is 12.2 Å². The zero-order valence-corrected chi connectivity index (χ0v) is 5.41. The van der Waals surface area contributed by atoms with Gasteiger partial charge in [-0.3, -0.25) is 0 Å². The second-order valence-corrected chi connectivity index (χ2v) is 2.61. The van der Waals surface area contributed by atoms with E-state index in [1.807, 2.05) is 0 Å². The minimum Gasteiger partial charge on any atom is -0.310 e. The molecule has 1 aliphatic rings. The maximum atomic E-state index is 3.79. The Morgan fingerprint density at radius 2 is 2.38 bits per heavy atom. The van der Waals surface area contributed by atoms with E-state index in [1.165, 1.54) is 18.4 Å². The highest BCUT2D eigenvalue weighted by atomic mass is 14.9. The molecule has 0 aromatic rings. The van der Waals surface area contributed by atoms with Gasteiger partial charge in [0, 0.05) is 12.6 Å². The molecule has 0 spiro atoms. The van der Waals surface area contributed by atoms with Crippen molar-refractivity contribution in [2.45, 2.75) is 25.8 Å². The largest absolute Gasteiger partial charge is 0.310 e. The first-order valence-electron chi connectivity index (χ1n) is 3.17. The van der Waals surface area contributed by atoms with Crippen LogP contribution in [0, 0.1) is 0 Å². The van der Waals surface area contributed by atoms with Gasteiger partial charge < -0.3 is 5.32 Å². The van der Waals surface area contributed by atoms with Gasteiger partial charge in [-0.15, -0.1) is 0 Å². The normalized spacial score (nSPS) is 18.6. The fourth-order valence-electron chi connectivity index (χ4n) is 0.606. The fraction of sp³-hybridized carbons (Fsp3) is 0.714. The summed E-state index contributed by atoms with van der Waals surface area (Å²) in [5, 5.41) is 3.36. The lowest BCUT2D eigenvalue weighted by Crippen LogP contribution is -2.17. The SMILES string of the molecule is C=C(C)CNC1CC1. The Morgan fingerprint density at radius 1 is 1.75 bits per heavy atom. The molecule has 1 N–H and O–H groups in total. The van der Waals surface area contributed by atoms with Crippen LogP contribution >= 0.6 is 0 Å². The van der Waals surface area contributed by atoms with Gasteiger partial charge in [0.25, 0.3) is 0 Å². The summed E-state index contributed by atoms with van der Waals surface area (Å²) < 4.78 is 0. The number of rotatable bonds is 3. The third-order valence-electron chi connectivity index (χ3n) is 1.27. The third kappa shape index (κ3) is 2.12. The fourth-order valence-corrected chi connectivity index (χ4v) is 0.606. The number of nitrogens with one attached hydrogen (secondary N) is 1. The first-order valence-corrected chi connectivity index (χ1v) is 3.17. The minimum absolute atomic E-state index is 0.826. The predicted molar refractivity (Wildman–Crippen MR) is 35.8 cm³/mol. The highest BCUT2D eigenvalue weighted by Crippen LogP contribution is 2.18. The molecule has 1 fully saturated rings. The Balaban J connectivity index is 1.95. The summed E-state index contributed by atoms with van der Waals surface area (Å²) in [6, 6.07) is 0.826. The van der Waals surface area contributed by atoms with Crippen molar-refractivity contribution < 1.29 is 0 Å². The zero-order chi connectivity index (χ0) is 5.98. The van der Waals surface area contributed by atoms with Crippen LogP contribution in [0.3, 0.4) is 0 Å². The van der Waals surface area contributed by atoms with Crippen molar-refractivity contribution >= 4 is 0 Å². The van der Waals surface area contributed by atoms with Gasteiger partial charge in [-0.2, -0.15) is 0 Å². The summed E-state index contributed by atoms with van der Waals surface area (Å²) in [5.41, 5.74) is 1.23. The average Bonchev–Trinajstić information content (AvgIpc) is 2.41. The van der Waals surface area contributed by atoms with Crippen molar-refractivity contribution in [1.29, 1.82) is 0 Å². The summed E-state index contributed by atoms with van der Waals surface area (Å²) in [6.45, 7) is 6.85. The van der Waals surface area contributed by atoms with Gasteiger partial charge in [0.15, 0.2) is 0 Å². The van der Waals surface area contributed by atoms with Crippen molar-refractivity contribution in [2.75, 3.05) is 6.54 Å². The van der Waals surface area contributed by atoms with Crippen molar-refractivity contribution in [2.24, 2.45) is 0 Å². The monoisotopic (exact) mass is 111 g/mol. The smallest absolute Gasteiger partial charge is 0.0161 e. The van der Waals surface area contributed by atoms with Gasteiger partial charge in [-0.1, -0.05) is 12.2 Å². The van der Waals surface area contributed by atoms with E-state index < -0.39 is 0 Å². The van der Waals surface area contributed by atoms with Gasteiger partial charge in [0.2, 0.25) is 0 Å². The zero-order valence-electron chi connectivity index (χ0n) is 5.41. The van der Waals surface area contributed by atoms with Gasteiger partial charge in [-0.25, -0.2) is 0 Å². The van der Waals surface area contributed by atoms with Crippen LogP contribution in [0.5, 0.6) is 0 Å². The van der Waals surface area contributed by atoms with Crippen molar-refractivity contribution in [3.63, 3.8) is 0 Å². The van der Waals surface area contributed by atoms with E-state index >= 15 is 0 Å². The van der Waals surface area contributed by atoms with E-state index in [1.54, 1.807) is 0 Å². The van der Waals surface area contributed by atoms with Crippen molar-refractivity contribution in [3.8, 4) is 0 Å². The highest BCUT2D eigenvalue weighted by molar-refractivity contribution is 4.94. The topological polar surface area (TPSA) is 12.0 Å². The molecular formula is C7H13N. The average molecular weight is 111 g/mol. The molecule has 8 heavy (non-hydrogen) atoms. The second kappa shape index (κ2) is 2.31. The van der Waals surface area contributed by atoms with E-state index in [0.29, 0.717) is 0 Å². The van der Waals surface area contributed by atoms with Crippen molar-refractivity contribution in [3.05, 3.63) is 12.2 Å². The molecule has 1 aliphatic carbocycles. The van der Waals surface area contributed by atoms with Crippen LogP contribution in [-0.4, -0.2) is 12.6 Å². The molecule has 0 radical (unpaired) electrons. The maximum absolute atomic E-state index is 3.79. The van der Waals surface area contributed by atoms with Crippen LogP contribution in [0.4, 0.5) is 0 Å². The Kier molecular flexibility index (Phi) is 1.69. The summed E-state index contributed by atoms with van der Waals surface area (Å²) >= 11 is 0. The third-order valence-corrected chi connectivity index (χ3v) is 1.27. The number of hydrogen-bond acceptors (Lipinski definition) is 1. The first-order chi connectivity index (χ1) is 3.79. The molecule has 0 aromatic heterocycles. The Labute approximate surface area is 50.8 Å². The van der Waals surface area contributed by atoms with E-state index in [0.717, 1.165) is 12.6 Å². The van der Waals surface area contributed by atoms with E-state index in [9.17, 15) is 0 Å². The summed E-state index contributed by atoms with van der Waals surface area (Å²) in [7, 11) is 0. The summed E-state index contributed by atoms with van der Waals surface area (Å²) in [5.74, 6) is 0. The first kappa shape index (κ1) is 5.83. The van der Waals surface area contributed by atoms with Crippen molar-refractivity contribution in [1.82, 2.24) is 5.32 Å². The molecule has 1 rings (SSSR count). The molecule has 46 valence electrons. The summed E-state index contributed by atoms with van der Waals surface area (Å²) in [4.78, 5) is 0. The summed E-state index contributed by atoms with van der Waals surface area (Å²) in [6.07, 6.45) is 2.74. The minimum atomic E-state index is 0.826. The van der Waals surface area contributed by atoms with E-state index in [4.69, 9.17) is 0 Å². The molecular weight excluding hydrogens is 98.1 g/mol. The van der Waals surface area contributed by atoms with Crippen LogP contribution in [-0.2, 0) is 0 Å². The molecule has 0 saturated heterocycles. The molecule has 0 aromatic carbocycles. The molecule has 0 heterocycles. The van der Waals surface area contributed by atoms with Crippen LogP contribution in [0.2, 0.25) is 0 Å². The quantitative estimate of drug-likeness (QED) is 0.541. The van der Waals surface area contributed by atoms with Gasteiger partial charge in [-0.05, 0) is 19.8 Å². The highest BCUT2D eigenvalue weighted by Gasteiger charge is 2.19.